The third-order valence-corrected chi connectivity index (χ3v) is 6.04. The molecule has 180 valence electrons. The molecule has 0 spiro atoms. The first-order valence-electron chi connectivity index (χ1n) is 11.5. The Bertz CT molecular complexity index is 1120. The second-order valence-electron chi connectivity index (χ2n) is 7.59. The van der Waals surface area contributed by atoms with E-state index in [9.17, 15) is 4.79 Å². The van der Waals surface area contributed by atoms with Crippen LogP contribution in [0.1, 0.15) is 49.6 Å². The first-order valence-corrected chi connectivity index (χ1v) is 12.4. The number of thiophene rings is 1. The van der Waals surface area contributed by atoms with Gasteiger partial charge in [-0.15, -0.1) is 11.3 Å². The highest BCUT2D eigenvalue weighted by atomic mass is 32.1. The molecule has 0 saturated carbocycles. The van der Waals surface area contributed by atoms with E-state index in [0.717, 1.165) is 23.5 Å². The lowest BCUT2D eigenvalue weighted by Gasteiger charge is -2.06. The van der Waals surface area contributed by atoms with Crippen molar-refractivity contribution in [2.24, 2.45) is 10.7 Å². The fourth-order valence-corrected chi connectivity index (χ4v) is 4.11. The molecule has 0 unspecified atom stereocenters. The molecule has 1 aliphatic heterocycles. The first kappa shape index (κ1) is 26.9. The Hall–Kier alpha value is -3.38. The molecule has 1 aliphatic rings. The molecule has 1 aromatic heterocycles. The minimum Gasteiger partial charge on any atom is -0.469 e. The van der Waals surface area contributed by atoms with Crippen LogP contribution in [0.25, 0.3) is 16.7 Å². The highest BCUT2D eigenvalue weighted by molar-refractivity contribution is 7.11. The number of methoxy groups -OCH3 is 1. The maximum Gasteiger partial charge on any atom is 0.305 e. The summed E-state index contributed by atoms with van der Waals surface area (Å²) in [4.78, 5) is 15.7. The normalized spacial score (nSPS) is 12.1. The minimum absolute atomic E-state index is 0.157. The van der Waals surface area contributed by atoms with Gasteiger partial charge in [-0.05, 0) is 48.6 Å². The highest BCUT2D eigenvalue weighted by Crippen LogP contribution is 2.35. The molecule has 2 aromatic carbocycles. The Morgan fingerprint density at radius 2 is 1.62 bits per heavy atom. The van der Waals surface area contributed by atoms with Crippen LogP contribution >= 0.6 is 11.3 Å². The number of anilines is 1. The molecule has 3 aromatic rings. The van der Waals surface area contributed by atoms with Crippen LogP contribution in [0.15, 0.2) is 70.8 Å². The number of hydrogen-bond acceptors (Lipinski definition) is 6. The Balaban J connectivity index is 0.000000447. The number of esters is 1. The molecule has 0 atom stereocenters. The predicted octanol–water partition coefficient (Wildman–Crippen LogP) is 7.17. The van der Waals surface area contributed by atoms with Crippen LogP contribution in [-0.4, -0.2) is 18.9 Å². The van der Waals surface area contributed by atoms with Gasteiger partial charge in [-0.25, -0.2) is 4.99 Å². The smallest absolute Gasteiger partial charge is 0.305 e. The van der Waals surface area contributed by atoms with E-state index >= 15 is 0 Å². The quantitative estimate of drug-likeness (QED) is 0.391. The van der Waals surface area contributed by atoms with Crippen LogP contribution in [-0.2, 0) is 9.53 Å². The lowest BCUT2D eigenvalue weighted by atomic mass is 10.1. The first-order chi connectivity index (χ1) is 16.4. The van der Waals surface area contributed by atoms with E-state index in [-0.39, 0.29) is 5.97 Å². The largest absolute Gasteiger partial charge is 0.469 e. The summed E-state index contributed by atoms with van der Waals surface area (Å²) in [6, 6.07) is 19.1. The number of aryl methyl sites for hydroxylation is 2. The Kier molecular flexibility index (Phi) is 10.6. The molecule has 4 rings (SSSR count). The summed E-state index contributed by atoms with van der Waals surface area (Å²) in [6.45, 7) is 9.94. The second-order valence-corrected chi connectivity index (χ2v) is 8.50. The average molecular weight is 478 g/mol. The maximum atomic E-state index is 9.96. The monoisotopic (exact) mass is 477 g/mol. The van der Waals surface area contributed by atoms with E-state index in [1.54, 1.807) is 18.3 Å². The summed E-state index contributed by atoms with van der Waals surface area (Å²) in [5.41, 5.74) is 13.3. The van der Waals surface area contributed by atoms with Crippen molar-refractivity contribution in [1.29, 1.82) is 0 Å². The van der Waals surface area contributed by atoms with Crippen LogP contribution in [0.2, 0.25) is 0 Å². The number of nitrogens with zero attached hydrogens (tertiary/aromatic N) is 1. The van der Waals surface area contributed by atoms with E-state index in [2.05, 4.69) is 88.9 Å². The van der Waals surface area contributed by atoms with Gasteiger partial charge in [0.2, 0.25) is 0 Å². The summed E-state index contributed by atoms with van der Waals surface area (Å²) in [7, 11) is 1.38. The van der Waals surface area contributed by atoms with Crippen LogP contribution in [0.3, 0.4) is 0 Å². The van der Waals surface area contributed by atoms with E-state index in [1.807, 2.05) is 13.8 Å². The lowest BCUT2D eigenvalue weighted by Crippen LogP contribution is -2.09. The third kappa shape index (κ3) is 7.59. The molecular weight excluding hydrogens is 442 g/mol. The zero-order valence-electron chi connectivity index (χ0n) is 20.9. The van der Waals surface area contributed by atoms with E-state index in [4.69, 9.17) is 5.73 Å². The van der Waals surface area contributed by atoms with Gasteiger partial charge < -0.3 is 15.8 Å². The van der Waals surface area contributed by atoms with E-state index < -0.39 is 0 Å². The van der Waals surface area contributed by atoms with Crippen molar-refractivity contribution in [3.8, 4) is 11.1 Å². The molecule has 0 aliphatic carbocycles. The number of carbonyl (C=O) groups is 1. The second kappa shape index (κ2) is 13.4. The number of amidine groups is 1. The Morgan fingerprint density at radius 3 is 2.15 bits per heavy atom. The lowest BCUT2D eigenvalue weighted by molar-refractivity contribution is -0.140. The van der Waals surface area contributed by atoms with Crippen molar-refractivity contribution in [2.75, 3.05) is 12.4 Å². The van der Waals surface area contributed by atoms with Crippen molar-refractivity contribution in [2.45, 2.75) is 47.5 Å². The minimum atomic E-state index is -0.157. The molecule has 0 amide bonds. The average Bonchev–Trinajstić information content (AvgIpc) is 3.49. The van der Waals surface area contributed by atoms with Crippen molar-refractivity contribution in [3.63, 3.8) is 0 Å². The molecular formula is C28H35N3O2S. The Morgan fingerprint density at radius 1 is 1.03 bits per heavy atom. The number of nitrogens with two attached hydrogens (primary N) is 1. The number of nitrogens with one attached hydrogen (secondary N) is 1. The molecule has 0 saturated heterocycles. The number of hydrogen-bond donors (Lipinski definition) is 2. The fraction of sp³-hybridized carbons (Fsp3) is 0.286. The molecule has 0 fully saturated rings. The maximum absolute atomic E-state index is 9.96. The van der Waals surface area contributed by atoms with Gasteiger partial charge in [0.15, 0.2) is 0 Å². The highest BCUT2D eigenvalue weighted by Gasteiger charge is 2.19. The predicted molar refractivity (Wildman–Crippen MR) is 146 cm³/mol. The summed E-state index contributed by atoms with van der Waals surface area (Å²) in [5, 5.41) is 5.56. The topological polar surface area (TPSA) is 76.7 Å². The molecule has 2 heterocycles. The number of rotatable bonds is 4. The van der Waals surface area contributed by atoms with Gasteiger partial charge in [-0.2, -0.15) is 0 Å². The van der Waals surface area contributed by atoms with Gasteiger partial charge in [0.1, 0.15) is 11.7 Å². The summed E-state index contributed by atoms with van der Waals surface area (Å²) in [5.74, 6) is 1.35. The number of ether oxygens (including phenoxy) is 1. The van der Waals surface area contributed by atoms with Gasteiger partial charge in [-0.3, -0.25) is 4.79 Å². The van der Waals surface area contributed by atoms with Crippen LogP contribution in [0.5, 0.6) is 0 Å². The zero-order chi connectivity index (χ0) is 25.1. The van der Waals surface area contributed by atoms with Gasteiger partial charge >= 0.3 is 5.97 Å². The van der Waals surface area contributed by atoms with Gasteiger partial charge in [0.25, 0.3) is 0 Å². The molecule has 34 heavy (non-hydrogen) atoms. The van der Waals surface area contributed by atoms with Crippen LogP contribution in [0, 0.1) is 13.8 Å². The van der Waals surface area contributed by atoms with Crippen molar-refractivity contribution >= 4 is 34.4 Å². The number of carbonyl (C=O) groups excluding carboxylic acids is 1. The van der Waals surface area contributed by atoms with Crippen LogP contribution < -0.4 is 11.1 Å². The third-order valence-electron chi connectivity index (χ3n) is 5.05. The van der Waals surface area contributed by atoms with Gasteiger partial charge in [0, 0.05) is 29.0 Å². The zero-order valence-corrected chi connectivity index (χ0v) is 21.8. The van der Waals surface area contributed by atoms with Crippen molar-refractivity contribution < 1.29 is 9.53 Å². The fourth-order valence-electron chi connectivity index (χ4n) is 3.14. The molecule has 6 heteroatoms. The van der Waals surface area contributed by atoms with Crippen molar-refractivity contribution in [1.82, 2.24) is 0 Å². The summed E-state index contributed by atoms with van der Waals surface area (Å²) < 4.78 is 4.26. The van der Waals surface area contributed by atoms with E-state index in [1.165, 1.54) is 34.2 Å². The summed E-state index contributed by atoms with van der Waals surface area (Å²) >= 11 is 1.72. The number of aliphatic imine (C=N–C) groups is 1. The van der Waals surface area contributed by atoms with E-state index in [0.29, 0.717) is 12.2 Å². The molecule has 5 nitrogen and oxygen atoms in total. The van der Waals surface area contributed by atoms with Gasteiger partial charge in [0.05, 0.1) is 7.11 Å². The summed E-state index contributed by atoms with van der Waals surface area (Å²) in [6.07, 6.45) is 1.20. The molecule has 0 bridgehead atoms. The molecule has 0 radical (unpaired) electrons. The number of benzene rings is 2. The van der Waals surface area contributed by atoms with Gasteiger partial charge in [-0.1, -0.05) is 68.3 Å². The Labute approximate surface area is 207 Å². The standard InChI is InChI=1S/C22H21N3S.C4H8O2.C2H6/c1-14-3-7-16(8-4-14)17-11-20(26-13-17)19-12-21(25-22(19)23)24-18-9-5-15(2)6-10-18;1-3-4(5)6-2;1-2/h3-11,13H,12,23H2,1-2H3,(H,24,25);3H2,1-2H3;1-2H3. The van der Waals surface area contributed by atoms with Crippen molar-refractivity contribution in [3.05, 3.63) is 81.8 Å². The SMILES string of the molecule is CC.CCC(=O)OC.Cc1ccc(NC2=NC(N)=C(c3cc(-c4ccc(C)cc4)cs3)C2)cc1. The molecule has 3 N–H and O–H groups in total. The van der Waals surface area contributed by atoms with Crippen LogP contribution in [0.4, 0.5) is 5.69 Å².